The molecule has 1 saturated heterocycles. The van der Waals surface area contributed by atoms with Crippen LogP contribution in [0.1, 0.15) is 6.42 Å². The average Bonchev–Trinajstić information content (AvgIpc) is 2.40. The highest BCUT2D eigenvalue weighted by molar-refractivity contribution is 8.00. The van der Waals surface area contributed by atoms with Crippen LogP contribution in [0.4, 0.5) is 0 Å². The molecule has 110 valence electrons. The van der Waals surface area contributed by atoms with Crippen molar-refractivity contribution < 1.29 is 24.2 Å². The summed E-state index contributed by atoms with van der Waals surface area (Å²) < 4.78 is 9.57. The lowest BCUT2D eigenvalue weighted by Crippen LogP contribution is -2.53. The number of thioether (sulfide) groups is 1. The van der Waals surface area contributed by atoms with E-state index in [9.17, 15) is 14.7 Å². The number of hydrogen-bond donors (Lipinski definition) is 3. The van der Waals surface area contributed by atoms with Gasteiger partial charge in [-0.25, -0.2) is 0 Å². The topological polar surface area (TPSA) is 96.9 Å². The Kier molecular flexibility index (Phi) is 7.14. The van der Waals surface area contributed by atoms with Crippen molar-refractivity contribution in [2.24, 2.45) is 0 Å². The highest BCUT2D eigenvalue weighted by Gasteiger charge is 2.33. The summed E-state index contributed by atoms with van der Waals surface area (Å²) >= 11 is 1.35. The van der Waals surface area contributed by atoms with E-state index < -0.39 is 17.6 Å². The quantitative estimate of drug-likeness (QED) is 0.399. The molecule has 1 rings (SSSR count). The Morgan fingerprint density at radius 1 is 1.63 bits per heavy atom. The predicted molar refractivity (Wildman–Crippen MR) is 70.7 cm³/mol. The molecule has 7 nitrogen and oxygen atoms in total. The van der Waals surface area contributed by atoms with Gasteiger partial charge in [-0.05, 0) is 0 Å². The summed E-state index contributed by atoms with van der Waals surface area (Å²) in [6, 6.07) is -0.435. The van der Waals surface area contributed by atoms with E-state index >= 15 is 0 Å². The molecule has 0 aliphatic carbocycles. The molecule has 19 heavy (non-hydrogen) atoms. The number of aliphatic hydroxyl groups is 1. The second-order valence-corrected chi connectivity index (χ2v) is 5.35. The Morgan fingerprint density at radius 3 is 2.95 bits per heavy atom. The number of amides is 2. The number of carbonyl (C=O) groups is 2. The molecular formula is C11H20N2O5S. The Bertz CT molecular complexity index is 315. The first-order valence-corrected chi connectivity index (χ1v) is 7.01. The first kappa shape index (κ1) is 16.2. The van der Waals surface area contributed by atoms with Crippen LogP contribution in [0.15, 0.2) is 0 Å². The second-order valence-electron chi connectivity index (χ2n) is 4.11. The van der Waals surface area contributed by atoms with Crippen molar-refractivity contribution in [3.63, 3.8) is 0 Å². The van der Waals surface area contributed by atoms with Crippen molar-refractivity contribution in [1.29, 1.82) is 0 Å². The van der Waals surface area contributed by atoms with Crippen molar-refractivity contribution in [2.45, 2.75) is 24.0 Å². The number of methoxy groups -OCH3 is 2. The SMILES string of the molecule is COCCNC(=O)CC1SCC(C(O)OC)NC1=O. The van der Waals surface area contributed by atoms with Gasteiger partial charge in [-0.15, -0.1) is 11.8 Å². The third kappa shape index (κ3) is 5.35. The van der Waals surface area contributed by atoms with Crippen molar-refractivity contribution in [3.8, 4) is 0 Å². The average molecular weight is 292 g/mol. The summed E-state index contributed by atoms with van der Waals surface area (Å²) in [5.41, 5.74) is 0. The van der Waals surface area contributed by atoms with Crippen molar-refractivity contribution in [2.75, 3.05) is 33.1 Å². The van der Waals surface area contributed by atoms with Crippen molar-refractivity contribution >= 4 is 23.6 Å². The van der Waals surface area contributed by atoms with Crippen LogP contribution in [-0.2, 0) is 19.1 Å². The number of ether oxygens (including phenoxy) is 2. The maximum absolute atomic E-state index is 11.8. The summed E-state index contributed by atoms with van der Waals surface area (Å²) in [6.45, 7) is 0.872. The van der Waals surface area contributed by atoms with E-state index in [2.05, 4.69) is 10.6 Å². The molecule has 1 aliphatic rings. The predicted octanol–water partition coefficient (Wildman–Crippen LogP) is -1.30. The molecule has 0 aromatic heterocycles. The van der Waals surface area contributed by atoms with Gasteiger partial charge in [-0.3, -0.25) is 9.59 Å². The minimum absolute atomic E-state index is 0.121. The van der Waals surface area contributed by atoms with E-state index in [0.29, 0.717) is 18.9 Å². The minimum Gasteiger partial charge on any atom is -0.383 e. The van der Waals surface area contributed by atoms with Crippen molar-refractivity contribution in [3.05, 3.63) is 0 Å². The Hall–Kier alpha value is -0.830. The summed E-state index contributed by atoms with van der Waals surface area (Å²) in [5, 5.41) is 14.4. The standard InChI is InChI=1S/C11H20N2O5S/c1-17-4-3-12-9(14)5-8-10(15)13-7(6-19-8)11(16)18-2/h7-8,11,16H,3-6H2,1-2H3,(H,12,14)(H,13,15). The molecule has 8 heteroatoms. The molecule has 3 unspecified atom stereocenters. The lowest BCUT2D eigenvalue weighted by atomic mass is 10.2. The molecule has 3 N–H and O–H groups in total. The zero-order valence-electron chi connectivity index (χ0n) is 11.0. The fourth-order valence-corrected chi connectivity index (χ4v) is 2.79. The van der Waals surface area contributed by atoms with Gasteiger partial charge in [-0.1, -0.05) is 0 Å². The maximum Gasteiger partial charge on any atom is 0.234 e. The molecule has 1 heterocycles. The monoisotopic (exact) mass is 292 g/mol. The van der Waals surface area contributed by atoms with E-state index in [1.807, 2.05) is 0 Å². The Balaban J connectivity index is 2.33. The van der Waals surface area contributed by atoms with Crippen LogP contribution < -0.4 is 10.6 Å². The lowest BCUT2D eigenvalue weighted by molar-refractivity contribution is -0.131. The molecule has 2 amide bonds. The van der Waals surface area contributed by atoms with E-state index in [0.717, 1.165) is 0 Å². The molecule has 0 radical (unpaired) electrons. The number of aliphatic hydroxyl groups excluding tert-OH is 1. The zero-order valence-corrected chi connectivity index (χ0v) is 11.9. The highest BCUT2D eigenvalue weighted by atomic mass is 32.2. The first-order chi connectivity index (χ1) is 9.08. The largest absolute Gasteiger partial charge is 0.383 e. The first-order valence-electron chi connectivity index (χ1n) is 5.97. The van der Waals surface area contributed by atoms with E-state index in [4.69, 9.17) is 9.47 Å². The minimum atomic E-state index is -1.02. The number of hydrogen-bond acceptors (Lipinski definition) is 6. The van der Waals surface area contributed by atoms with Crippen LogP contribution in [-0.4, -0.2) is 67.6 Å². The van der Waals surface area contributed by atoms with Gasteiger partial charge in [0.15, 0.2) is 6.29 Å². The second kappa shape index (κ2) is 8.36. The highest BCUT2D eigenvalue weighted by Crippen LogP contribution is 2.22. The van der Waals surface area contributed by atoms with Gasteiger partial charge < -0.3 is 25.2 Å². The molecule has 0 spiro atoms. The van der Waals surface area contributed by atoms with E-state index in [-0.39, 0.29) is 18.2 Å². The Morgan fingerprint density at radius 2 is 2.37 bits per heavy atom. The fraction of sp³-hybridized carbons (Fsp3) is 0.818. The molecule has 3 atom stereocenters. The smallest absolute Gasteiger partial charge is 0.234 e. The summed E-state index contributed by atoms with van der Waals surface area (Å²) in [7, 11) is 2.93. The lowest BCUT2D eigenvalue weighted by Gasteiger charge is -2.30. The van der Waals surface area contributed by atoms with Gasteiger partial charge in [0.2, 0.25) is 11.8 Å². The number of nitrogens with one attached hydrogen (secondary N) is 2. The zero-order chi connectivity index (χ0) is 14.3. The molecule has 1 aliphatic heterocycles. The van der Waals surface area contributed by atoms with Crippen molar-refractivity contribution in [1.82, 2.24) is 10.6 Å². The third-order valence-electron chi connectivity index (χ3n) is 2.68. The van der Waals surface area contributed by atoms with Crippen LogP contribution in [0.3, 0.4) is 0 Å². The number of carbonyl (C=O) groups excluding carboxylic acids is 2. The molecule has 0 saturated carbocycles. The van der Waals surface area contributed by atoms with Gasteiger partial charge in [0.05, 0.1) is 17.9 Å². The van der Waals surface area contributed by atoms with Crippen LogP contribution >= 0.6 is 11.8 Å². The molecule has 0 aromatic rings. The van der Waals surface area contributed by atoms with Gasteiger partial charge in [0, 0.05) is 32.9 Å². The fourth-order valence-electron chi connectivity index (χ4n) is 1.62. The van der Waals surface area contributed by atoms with Gasteiger partial charge in [0.25, 0.3) is 0 Å². The van der Waals surface area contributed by atoms with Gasteiger partial charge >= 0.3 is 0 Å². The van der Waals surface area contributed by atoms with Gasteiger partial charge in [0.1, 0.15) is 0 Å². The molecule has 1 fully saturated rings. The van der Waals surface area contributed by atoms with E-state index in [1.54, 1.807) is 7.11 Å². The third-order valence-corrected chi connectivity index (χ3v) is 4.02. The Labute approximate surface area is 116 Å². The van der Waals surface area contributed by atoms with Crippen LogP contribution in [0.5, 0.6) is 0 Å². The van der Waals surface area contributed by atoms with Gasteiger partial charge in [-0.2, -0.15) is 0 Å². The summed E-state index contributed by atoms with van der Waals surface area (Å²) in [5.74, 6) is 0.0752. The molecule has 0 aromatic carbocycles. The van der Waals surface area contributed by atoms with E-state index in [1.165, 1.54) is 18.9 Å². The molecule has 0 bridgehead atoms. The van der Waals surface area contributed by atoms with Crippen LogP contribution in [0, 0.1) is 0 Å². The maximum atomic E-state index is 11.8. The molecular weight excluding hydrogens is 272 g/mol. The van der Waals surface area contributed by atoms with Crippen LogP contribution in [0.2, 0.25) is 0 Å². The van der Waals surface area contributed by atoms with Crippen LogP contribution in [0.25, 0.3) is 0 Å². The summed E-state index contributed by atoms with van der Waals surface area (Å²) in [6.07, 6.45) is -0.899. The summed E-state index contributed by atoms with van der Waals surface area (Å²) in [4.78, 5) is 23.4. The normalized spacial score (nSPS) is 24.7. The number of rotatable bonds is 7.